The highest BCUT2D eigenvalue weighted by Gasteiger charge is 2.29. The fourth-order valence-electron chi connectivity index (χ4n) is 3.23. The van der Waals surface area contributed by atoms with Crippen LogP contribution in [-0.2, 0) is 0 Å². The third-order valence-corrected chi connectivity index (χ3v) is 4.68. The van der Waals surface area contributed by atoms with Crippen LogP contribution in [0.4, 0.5) is 20.4 Å². The number of ether oxygens (including phenoxy) is 2. The summed E-state index contributed by atoms with van der Waals surface area (Å²) in [6, 6.07) is 11.5. The standard InChI is InChI=1S/C20H18F2N4O3/c1-25-9-10-26(18-17(25)23-13-5-3-4-6-14(13)24-18)19(27)12-7-8-15(29-20(21)22)16(11-12)28-2/h3-8,11,20H,9-10H2,1-2H3. The zero-order valence-electron chi connectivity index (χ0n) is 15.8. The van der Waals surface area contributed by atoms with Crippen molar-refractivity contribution < 1.29 is 23.0 Å². The maximum Gasteiger partial charge on any atom is 0.387 e. The molecule has 0 spiro atoms. The van der Waals surface area contributed by atoms with Gasteiger partial charge in [0.25, 0.3) is 5.91 Å². The Morgan fingerprint density at radius 1 is 1.03 bits per heavy atom. The van der Waals surface area contributed by atoms with Gasteiger partial charge >= 0.3 is 6.61 Å². The van der Waals surface area contributed by atoms with Crippen LogP contribution in [-0.4, -0.2) is 49.7 Å². The summed E-state index contributed by atoms with van der Waals surface area (Å²) in [5, 5.41) is 0. The van der Waals surface area contributed by atoms with E-state index in [1.165, 1.54) is 30.2 Å². The Labute approximate surface area is 165 Å². The average molecular weight is 400 g/mol. The zero-order valence-corrected chi connectivity index (χ0v) is 15.8. The maximum atomic E-state index is 13.2. The number of hydrogen-bond donors (Lipinski definition) is 0. The molecule has 0 fully saturated rings. The average Bonchev–Trinajstić information content (AvgIpc) is 2.72. The number of carbonyl (C=O) groups excluding carboxylic acids is 1. The van der Waals surface area contributed by atoms with E-state index in [2.05, 4.69) is 14.7 Å². The van der Waals surface area contributed by atoms with E-state index in [9.17, 15) is 13.6 Å². The topological polar surface area (TPSA) is 67.8 Å². The van der Waals surface area contributed by atoms with Crippen LogP contribution >= 0.6 is 0 Å². The summed E-state index contributed by atoms with van der Waals surface area (Å²) in [5.74, 6) is 0.645. The van der Waals surface area contributed by atoms with Crippen LogP contribution in [0.3, 0.4) is 0 Å². The van der Waals surface area contributed by atoms with Gasteiger partial charge in [-0.15, -0.1) is 0 Å². The van der Waals surface area contributed by atoms with Gasteiger partial charge in [-0.05, 0) is 30.3 Å². The van der Waals surface area contributed by atoms with Gasteiger partial charge in [0.2, 0.25) is 0 Å². The van der Waals surface area contributed by atoms with Crippen LogP contribution in [0.5, 0.6) is 11.5 Å². The van der Waals surface area contributed by atoms with Gasteiger partial charge in [-0.3, -0.25) is 9.69 Å². The number of para-hydroxylation sites is 2. The first-order valence-corrected chi connectivity index (χ1v) is 8.90. The van der Waals surface area contributed by atoms with Crippen molar-refractivity contribution in [3.05, 3.63) is 48.0 Å². The number of methoxy groups -OCH3 is 1. The Bertz CT molecular complexity index is 1080. The number of nitrogens with zero attached hydrogens (tertiary/aromatic N) is 4. The number of amides is 1. The van der Waals surface area contributed by atoms with Gasteiger partial charge in [0.15, 0.2) is 23.1 Å². The molecule has 1 amide bonds. The smallest absolute Gasteiger partial charge is 0.387 e. The normalized spacial score (nSPS) is 13.6. The molecule has 29 heavy (non-hydrogen) atoms. The molecule has 150 valence electrons. The van der Waals surface area contributed by atoms with Crippen molar-refractivity contribution in [2.75, 3.05) is 37.0 Å². The monoisotopic (exact) mass is 400 g/mol. The van der Waals surface area contributed by atoms with Crippen LogP contribution in [0.25, 0.3) is 11.0 Å². The molecule has 0 aliphatic carbocycles. The fourth-order valence-corrected chi connectivity index (χ4v) is 3.23. The lowest BCUT2D eigenvalue weighted by molar-refractivity contribution is -0.0512. The summed E-state index contributed by atoms with van der Waals surface area (Å²) < 4.78 is 34.6. The molecule has 0 saturated carbocycles. The molecule has 1 aliphatic rings. The predicted molar refractivity (Wildman–Crippen MR) is 104 cm³/mol. The van der Waals surface area contributed by atoms with Gasteiger partial charge in [0.1, 0.15) is 0 Å². The molecule has 1 aromatic heterocycles. The molecule has 0 atom stereocenters. The number of rotatable bonds is 4. The summed E-state index contributed by atoms with van der Waals surface area (Å²) >= 11 is 0. The Hall–Kier alpha value is -3.49. The summed E-state index contributed by atoms with van der Waals surface area (Å²) in [6.07, 6.45) is 0. The SMILES string of the molecule is COc1cc(C(=O)N2CCN(C)c3nc4ccccc4nc32)ccc1OC(F)F. The highest BCUT2D eigenvalue weighted by atomic mass is 19.3. The Balaban J connectivity index is 1.73. The third-order valence-electron chi connectivity index (χ3n) is 4.68. The minimum atomic E-state index is -2.99. The van der Waals surface area contributed by atoms with Gasteiger partial charge in [-0.1, -0.05) is 12.1 Å². The lowest BCUT2D eigenvalue weighted by Gasteiger charge is -2.33. The minimum absolute atomic E-state index is 0.0510. The van der Waals surface area contributed by atoms with Crippen molar-refractivity contribution in [2.24, 2.45) is 0 Å². The van der Waals surface area contributed by atoms with Gasteiger partial charge in [0.05, 0.1) is 18.1 Å². The molecule has 0 saturated heterocycles. The fraction of sp³-hybridized carbons (Fsp3) is 0.250. The van der Waals surface area contributed by atoms with Gasteiger partial charge in [-0.25, -0.2) is 9.97 Å². The number of fused-ring (bicyclic) bond motifs is 2. The summed E-state index contributed by atoms with van der Waals surface area (Å²) in [6.45, 7) is -2.00. The Morgan fingerprint density at radius 3 is 2.38 bits per heavy atom. The number of anilines is 2. The van der Waals surface area contributed by atoms with Gasteiger partial charge in [-0.2, -0.15) is 8.78 Å². The molecular weight excluding hydrogens is 382 g/mol. The van der Waals surface area contributed by atoms with E-state index in [0.717, 1.165) is 5.52 Å². The van der Waals surface area contributed by atoms with Crippen LogP contribution in [0.1, 0.15) is 10.4 Å². The molecule has 9 heteroatoms. The minimum Gasteiger partial charge on any atom is -0.493 e. The van der Waals surface area contributed by atoms with Crippen LogP contribution in [0.15, 0.2) is 42.5 Å². The van der Waals surface area contributed by atoms with Crippen molar-refractivity contribution in [3.8, 4) is 11.5 Å². The molecule has 0 N–H and O–H groups in total. The first-order valence-electron chi connectivity index (χ1n) is 8.90. The Morgan fingerprint density at radius 2 is 1.72 bits per heavy atom. The van der Waals surface area contributed by atoms with Crippen molar-refractivity contribution in [3.63, 3.8) is 0 Å². The van der Waals surface area contributed by atoms with E-state index < -0.39 is 6.61 Å². The highest BCUT2D eigenvalue weighted by Crippen LogP contribution is 2.34. The molecule has 3 aromatic rings. The number of alkyl halides is 2. The van der Waals surface area contributed by atoms with E-state index in [0.29, 0.717) is 30.2 Å². The number of benzene rings is 2. The largest absolute Gasteiger partial charge is 0.493 e. The molecular formula is C20H18F2N4O3. The van der Waals surface area contributed by atoms with E-state index in [1.54, 1.807) is 0 Å². The van der Waals surface area contributed by atoms with Gasteiger partial charge < -0.3 is 14.4 Å². The van der Waals surface area contributed by atoms with E-state index in [1.807, 2.05) is 36.2 Å². The van der Waals surface area contributed by atoms with Crippen LogP contribution < -0.4 is 19.3 Å². The molecule has 0 bridgehead atoms. The van der Waals surface area contributed by atoms with E-state index in [4.69, 9.17) is 4.74 Å². The van der Waals surface area contributed by atoms with Crippen molar-refractivity contribution >= 4 is 28.6 Å². The van der Waals surface area contributed by atoms with Crippen molar-refractivity contribution in [1.82, 2.24) is 9.97 Å². The number of aromatic nitrogens is 2. The number of hydrogen-bond acceptors (Lipinski definition) is 6. The third kappa shape index (κ3) is 3.51. The molecule has 0 unspecified atom stereocenters. The molecule has 2 heterocycles. The second-order valence-electron chi connectivity index (χ2n) is 6.48. The summed E-state index contributed by atoms with van der Waals surface area (Å²) in [5.41, 5.74) is 1.69. The first kappa shape index (κ1) is 18.9. The number of likely N-dealkylation sites (N-methyl/N-ethyl adjacent to an activating group) is 1. The molecule has 2 aromatic carbocycles. The molecule has 7 nitrogen and oxygen atoms in total. The maximum absolute atomic E-state index is 13.2. The molecule has 0 radical (unpaired) electrons. The summed E-state index contributed by atoms with van der Waals surface area (Å²) in [4.78, 5) is 26.0. The summed E-state index contributed by atoms with van der Waals surface area (Å²) in [7, 11) is 3.22. The first-order chi connectivity index (χ1) is 14.0. The zero-order chi connectivity index (χ0) is 20.5. The lowest BCUT2D eigenvalue weighted by atomic mass is 10.1. The van der Waals surface area contributed by atoms with E-state index in [-0.39, 0.29) is 23.0 Å². The van der Waals surface area contributed by atoms with Crippen LogP contribution in [0.2, 0.25) is 0 Å². The predicted octanol–water partition coefficient (Wildman–Crippen LogP) is 3.34. The number of carbonyl (C=O) groups is 1. The van der Waals surface area contributed by atoms with Gasteiger partial charge in [0, 0.05) is 25.7 Å². The van der Waals surface area contributed by atoms with Crippen LogP contribution in [0, 0.1) is 0 Å². The van der Waals surface area contributed by atoms with E-state index >= 15 is 0 Å². The quantitative estimate of drug-likeness (QED) is 0.669. The molecule has 4 rings (SSSR count). The lowest BCUT2D eigenvalue weighted by Crippen LogP contribution is -2.43. The number of halogens is 2. The molecule has 1 aliphatic heterocycles. The second-order valence-corrected chi connectivity index (χ2v) is 6.48. The van der Waals surface area contributed by atoms with Crippen molar-refractivity contribution in [1.29, 1.82) is 0 Å². The van der Waals surface area contributed by atoms with Crippen molar-refractivity contribution in [2.45, 2.75) is 6.61 Å². The highest BCUT2D eigenvalue weighted by molar-refractivity contribution is 6.08. The Kier molecular flexibility index (Phi) is 4.87. The second kappa shape index (κ2) is 7.50.